The van der Waals surface area contributed by atoms with Crippen molar-refractivity contribution < 1.29 is 4.79 Å². The Morgan fingerprint density at radius 1 is 1.09 bits per heavy atom. The monoisotopic (exact) mass is 321 g/mol. The Morgan fingerprint density at radius 2 is 1.96 bits per heavy atom. The van der Waals surface area contributed by atoms with Gasteiger partial charge in [0.15, 0.2) is 0 Å². The van der Waals surface area contributed by atoms with Crippen LogP contribution < -0.4 is 5.32 Å². The third-order valence-corrected chi connectivity index (χ3v) is 4.25. The molecule has 0 atom stereocenters. The summed E-state index contributed by atoms with van der Waals surface area (Å²) in [4.78, 5) is 12.9. The molecule has 2 aromatic carbocycles. The van der Waals surface area contributed by atoms with Gasteiger partial charge in [-0.15, -0.1) is 10.2 Å². The molecule has 0 bridgehead atoms. The number of nitrogens with zero attached hydrogens (tertiary/aromatic N) is 4. The van der Waals surface area contributed by atoms with Gasteiger partial charge in [0.1, 0.15) is 11.3 Å². The molecule has 7 heteroatoms. The van der Waals surface area contributed by atoms with E-state index in [0.29, 0.717) is 5.56 Å². The van der Waals surface area contributed by atoms with E-state index in [1.165, 1.54) is 11.3 Å². The number of aromatic nitrogens is 4. The number of benzene rings is 2. The molecule has 0 aliphatic rings. The Bertz CT molecular complexity index is 948. The highest BCUT2D eigenvalue weighted by Gasteiger charge is 2.10. The molecule has 0 fully saturated rings. The van der Waals surface area contributed by atoms with Crippen LogP contribution in [-0.2, 0) is 0 Å². The number of amides is 1. The maximum Gasteiger partial charge on any atom is 0.255 e. The minimum atomic E-state index is -0.138. The highest BCUT2D eigenvalue weighted by Crippen LogP contribution is 2.26. The van der Waals surface area contributed by atoms with E-state index in [0.717, 1.165) is 21.2 Å². The van der Waals surface area contributed by atoms with Crippen molar-refractivity contribution >= 4 is 27.9 Å². The fraction of sp³-hybridized carbons (Fsp3) is 0. The van der Waals surface area contributed by atoms with Gasteiger partial charge in [-0.3, -0.25) is 4.79 Å². The maximum absolute atomic E-state index is 12.2. The summed E-state index contributed by atoms with van der Waals surface area (Å²) in [6.07, 6.45) is 1.57. The molecule has 0 aliphatic heterocycles. The van der Waals surface area contributed by atoms with Gasteiger partial charge in [0.05, 0.1) is 0 Å². The predicted molar refractivity (Wildman–Crippen MR) is 88.5 cm³/mol. The third-order valence-electron chi connectivity index (χ3n) is 3.29. The zero-order chi connectivity index (χ0) is 15.6. The van der Waals surface area contributed by atoms with Crippen molar-refractivity contribution in [1.29, 1.82) is 0 Å². The van der Waals surface area contributed by atoms with Crippen molar-refractivity contribution in [3.8, 4) is 10.6 Å². The molecular weight excluding hydrogens is 310 g/mol. The van der Waals surface area contributed by atoms with Crippen LogP contribution >= 0.6 is 11.3 Å². The van der Waals surface area contributed by atoms with Crippen molar-refractivity contribution in [2.24, 2.45) is 0 Å². The van der Waals surface area contributed by atoms with Crippen molar-refractivity contribution in [3.05, 3.63) is 66.5 Å². The predicted octanol–water partition coefficient (Wildman–Crippen LogP) is 3.11. The molecule has 23 heavy (non-hydrogen) atoms. The van der Waals surface area contributed by atoms with Crippen LogP contribution in [0.5, 0.6) is 0 Å². The van der Waals surface area contributed by atoms with E-state index in [1.807, 2.05) is 42.5 Å². The molecule has 4 aromatic rings. The highest BCUT2D eigenvalue weighted by molar-refractivity contribution is 7.19. The maximum atomic E-state index is 12.2. The summed E-state index contributed by atoms with van der Waals surface area (Å²) in [6, 6.07) is 16.7. The van der Waals surface area contributed by atoms with Crippen LogP contribution in [0.15, 0.2) is 60.9 Å². The van der Waals surface area contributed by atoms with E-state index in [2.05, 4.69) is 20.6 Å². The SMILES string of the molecule is O=C(Nc1cccc(-c2nn3cnnc3s2)c1)c1ccccc1. The molecule has 6 nitrogen and oxygen atoms in total. The largest absolute Gasteiger partial charge is 0.322 e. The molecule has 0 spiro atoms. The molecule has 0 saturated heterocycles. The summed E-state index contributed by atoms with van der Waals surface area (Å²) in [6.45, 7) is 0. The Labute approximate surface area is 135 Å². The second-order valence-corrected chi connectivity index (χ2v) is 5.82. The first kappa shape index (κ1) is 13.6. The van der Waals surface area contributed by atoms with E-state index in [9.17, 15) is 4.79 Å². The van der Waals surface area contributed by atoms with Gasteiger partial charge in [0.2, 0.25) is 4.96 Å². The van der Waals surface area contributed by atoms with Gasteiger partial charge in [-0.1, -0.05) is 41.7 Å². The van der Waals surface area contributed by atoms with Gasteiger partial charge in [-0.2, -0.15) is 9.61 Å². The molecule has 0 unspecified atom stereocenters. The van der Waals surface area contributed by atoms with Crippen molar-refractivity contribution in [2.45, 2.75) is 0 Å². The van der Waals surface area contributed by atoms with E-state index in [4.69, 9.17) is 0 Å². The second kappa shape index (κ2) is 5.62. The number of carbonyl (C=O) groups is 1. The molecule has 1 amide bonds. The zero-order valence-corrected chi connectivity index (χ0v) is 12.7. The number of carbonyl (C=O) groups excluding carboxylic acids is 1. The number of nitrogens with one attached hydrogen (secondary N) is 1. The van der Waals surface area contributed by atoms with E-state index in [1.54, 1.807) is 23.0 Å². The topological polar surface area (TPSA) is 72.2 Å². The van der Waals surface area contributed by atoms with Gasteiger partial charge in [-0.25, -0.2) is 0 Å². The number of hydrogen-bond donors (Lipinski definition) is 1. The third kappa shape index (κ3) is 2.69. The minimum Gasteiger partial charge on any atom is -0.322 e. The first-order valence-corrected chi connectivity index (χ1v) is 7.75. The normalized spacial score (nSPS) is 10.8. The van der Waals surface area contributed by atoms with Gasteiger partial charge >= 0.3 is 0 Å². The number of anilines is 1. The lowest BCUT2D eigenvalue weighted by molar-refractivity contribution is 0.102. The summed E-state index contributed by atoms with van der Waals surface area (Å²) in [5, 5.41) is 15.9. The first-order valence-electron chi connectivity index (χ1n) is 6.93. The van der Waals surface area contributed by atoms with Crippen molar-refractivity contribution in [3.63, 3.8) is 0 Å². The zero-order valence-electron chi connectivity index (χ0n) is 11.9. The molecule has 2 aromatic heterocycles. The van der Waals surface area contributed by atoms with Crippen LogP contribution in [0.1, 0.15) is 10.4 Å². The second-order valence-electron chi connectivity index (χ2n) is 4.87. The van der Waals surface area contributed by atoms with Crippen molar-refractivity contribution in [1.82, 2.24) is 19.8 Å². The van der Waals surface area contributed by atoms with E-state index < -0.39 is 0 Å². The summed E-state index contributed by atoms with van der Waals surface area (Å²) in [7, 11) is 0. The van der Waals surface area contributed by atoms with Crippen LogP contribution in [0.2, 0.25) is 0 Å². The molecule has 0 saturated carbocycles. The lowest BCUT2D eigenvalue weighted by Crippen LogP contribution is -2.11. The van der Waals surface area contributed by atoms with Crippen molar-refractivity contribution in [2.75, 3.05) is 5.32 Å². The lowest BCUT2D eigenvalue weighted by atomic mass is 10.2. The standard InChI is InChI=1S/C16H11N5OS/c22-14(11-5-2-1-3-6-11)18-13-8-4-7-12(9-13)15-20-21-10-17-19-16(21)23-15/h1-10H,(H,18,22). The number of rotatable bonds is 3. The van der Waals surface area contributed by atoms with E-state index in [-0.39, 0.29) is 5.91 Å². The summed E-state index contributed by atoms with van der Waals surface area (Å²) >= 11 is 1.45. The Hall–Kier alpha value is -3.06. The Morgan fingerprint density at radius 3 is 2.78 bits per heavy atom. The highest BCUT2D eigenvalue weighted by atomic mass is 32.1. The Balaban J connectivity index is 1.61. The minimum absolute atomic E-state index is 0.138. The van der Waals surface area contributed by atoms with Crippen LogP contribution in [0, 0.1) is 0 Å². The summed E-state index contributed by atoms with van der Waals surface area (Å²) < 4.78 is 1.63. The van der Waals surface area contributed by atoms with E-state index >= 15 is 0 Å². The van der Waals surface area contributed by atoms with Gasteiger partial charge in [0.25, 0.3) is 5.91 Å². The molecule has 0 aliphatic carbocycles. The first-order chi connectivity index (χ1) is 11.3. The van der Waals surface area contributed by atoms with Gasteiger partial charge in [0, 0.05) is 16.8 Å². The molecule has 1 N–H and O–H groups in total. The van der Waals surface area contributed by atoms with Crippen LogP contribution in [0.3, 0.4) is 0 Å². The summed E-state index contributed by atoms with van der Waals surface area (Å²) in [5.74, 6) is -0.138. The van der Waals surface area contributed by atoms with Gasteiger partial charge < -0.3 is 5.32 Å². The average Bonchev–Trinajstić information content (AvgIpc) is 3.17. The average molecular weight is 321 g/mol. The van der Waals surface area contributed by atoms with Gasteiger partial charge in [-0.05, 0) is 24.3 Å². The van der Waals surface area contributed by atoms with Crippen LogP contribution in [0.4, 0.5) is 5.69 Å². The Kier molecular flexibility index (Phi) is 3.32. The fourth-order valence-electron chi connectivity index (χ4n) is 2.20. The number of fused-ring (bicyclic) bond motifs is 1. The molecule has 0 radical (unpaired) electrons. The molecular formula is C16H11N5OS. The van der Waals surface area contributed by atoms with Crippen LogP contribution in [-0.4, -0.2) is 25.7 Å². The molecule has 112 valence electrons. The lowest BCUT2D eigenvalue weighted by Gasteiger charge is -2.06. The fourth-order valence-corrected chi connectivity index (χ4v) is 3.02. The summed E-state index contributed by atoms with van der Waals surface area (Å²) in [5.41, 5.74) is 2.27. The smallest absolute Gasteiger partial charge is 0.255 e. The molecule has 2 heterocycles. The molecule has 4 rings (SSSR count). The number of hydrogen-bond acceptors (Lipinski definition) is 5. The quantitative estimate of drug-likeness (QED) is 0.629. The van der Waals surface area contributed by atoms with Crippen LogP contribution in [0.25, 0.3) is 15.5 Å².